The molecule has 58 heavy (non-hydrogen) atoms. The number of terminal acetylenes is 1. The lowest BCUT2D eigenvalue weighted by Crippen LogP contribution is -2.45. The number of carbonyl (C=O) groups excluding carboxylic acids is 2. The number of ether oxygens (including phenoxy) is 3. The molecule has 5 atom stereocenters. The highest BCUT2D eigenvalue weighted by molar-refractivity contribution is 7.52. The minimum absolute atomic E-state index is 0.0243. The normalized spacial score (nSPS) is 19.5. The minimum Gasteiger partial charge on any atom is -0.462 e. The van der Waals surface area contributed by atoms with Crippen LogP contribution in [0.5, 0.6) is 5.75 Å². The monoisotopic (exact) mass is 828 g/mol. The van der Waals surface area contributed by atoms with Gasteiger partial charge in [0.2, 0.25) is 0 Å². The number of benzene rings is 1. The molecular formula is C42H62FN6O8P. The van der Waals surface area contributed by atoms with E-state index in [1.807, 2.05) is 0 Å². The first-order valence-electron chi connectivity index (χ1n) is 20.9. The average molecular weight is 829 g/mol. The number of fused-ring (bicyclic) bond motifs is 1. The first-order valence-corrected chi connectivity index (χ1v) is 22.4. The third kappa shape index (κ3) is 14.3. The molecule has 320 valence electrons. The Labute approximate surface area is 342 Å². The second-order valence-electron chi connectivity index (χ2n) is 15.2. The van der Waals surface area contributed by atoms with Crippen molar-refractivity contribution in [3.63, 3.8) is 0 Å². The molecule has 2 aromatic heterocycles. The molecule has 1 unspecified atom stereocenters. The standard InChI is InChI=1S/C42H62FN6O8P/c1-6-8-9-10-11-12-13-14-15-16-17-18-19-20-24-27-36(50)55-34-28-35(49-30-45-37-38(44)46-41(43)47-39(37)49)56-42(34,7-2)29-53-58(52,57-33-25-22-21-23-26-33)48-32(5)40(51)54-31(3)4/h2,21-23,25-26,30-32,34-35H,6,8-20,24,27-29H2,1,3-5H3,(H,48,52)(H2,44,46,47)/t32?,34-,35+,42+,58-/m0/s1. The van der Waals surface area contributed by atoms with E-state index < -0.39 is 62.4 Å². The van der Waals surface area contributed by atoms with Crippen molar-refractivity contribution in [3.05, 3.63) is 42.7 Å². The van der Waals surface area contributed by atoms with Gasteiger partial charge in [0.15, 0.2) is 22.6 Å². The number of anilines is 1. The maximum atomic E-state index is 14.4. The average Bonchev–Trinajstić information content (AvgIpc) is 3.77. The SMILES string of the molecule is C#C[C@]1(CO[P@@](=O)(NC(C)C(=O)OC(C)C)Oc2ccccc2)O[C@@H](n2cnc3c(N)nc(F)nc32)C[C@@H]1OC(=O)CCCCCCCCCCCCCCCCC. The van der Waals surface area contributed by atoms with Gasteiger partial charge in [0.05, 0.1) is 12.4 Å². The quantitative estimate of drug-likeness (QED) is 0.0245. The topological polar surface area (TPSA) is 179 Å². The summed E-state index contributed by atoms with van der Waals surface area (Å²) in [7, 11) is -4.41. The van der Waals surface area contributed by atoms with E-state index in [0.717, 1.165) is 19.3 Å². The van der Waals surface area contributed by atoms with E-state index in [1.165, 1.54) is 88.4 Å². The van der Waals surface area contributed by atoms with E-state index in [9.17, 15) is 18.5 Å². The van der Waals surface area contributed by atoms with Gasteiger partial charge in [-0.3, -0.25) is 18.7 Å². The van der Waals surface area contributed by atoms with Crippen molar-refractivity contribution in [1.29, 1.82) is 0 Å². The highest BCUT2D eigenvalue weighted by Crippen LogP contribution is 2.48. The Hall–Kier alpha value is -4.09. The first kappa shape index (κ1) is 46.6. The summed E-state index contributed by atoms with van der Waals surface area (Å²) in [6.07, 6.45) is 21.9. The number of nitrogens with two attached hydrogens (primary N) is 1. The smallest absolute Gasteiger partial charge is 0.459 e. The Morgan fingerprint density at radius 1 is 1.00 bits per heavy atom. The number of unbranched alkanes of at least 4 members (excludes halogenated alkanes) is 14. The second-order valence-corrected chi connectivity index (χ2v) is 16.9. The van der Waals surface area contributed by atoms with Gasteiger partial charge in [0.25, 0.3) is 0 Å². The van der Waals surface area contributed by atoms with Crippen LogP contribution in [-0.2, 0) is 32.9 Å². The molecule has 1 fully saturated rings. The number of halogens is 1. The summed E-state index contributed by atoms with van der Waals surface area (Å²) in [6.45, 7) is 6.46. The van der Waals surface area contributed by atoms with Crippen molar-refractivity contribution in [3.8, 4) is 18.1 Å². The van der Waals surface area contributed by atoms with E-state index in [-0.39, 0.29) is 35.6 Å². The number of aromatic nitrogens is 4. The maximum absolute atomic E-state index is 14.4. The second kappa shape index (κ2) is 23.5. The van der Waals surface area contributed by atoms with Gasteiger partial charge in [-0.05, 0) is 39.3 Å². The van der Waals surface area contributed by atoms with Gasteiger partial charge < -0.3 is 24.5 Å². The maximum Gasteiger partial charge on any atom is 0.459 e. The number of esters is 2. The van der Waals surface area contributed by atoms with E-state index >= 15 is 0 Å². The molecule has 1 aliphatic rings. The molecule has 16 heteroatoms. The molecule has 1 saturated heterocycles. The van der Waals surface area contributed by atoms with Crippen LogP contribution in [0.3, 0.4) is 0 Å². The number of imidazole rings is 1. The number of hydrogen-bond acceptors (Lipinski definition) is 12. The number of nitrogen functional groups attached to an aromatic ring is 1. The van der Waals surface area contributed by atoms with Crippen molar-refractivity contribution in [2.45, 2.75) is 167 Å². The van der Waals surface area contributed by atoms with Crippen molar-refractivity contribution >= 4 is 36.7 Å². The van der Waals surface area contributed by atoms with Crippen LogP contribution in [0.15, 0.2) is 36.7 Å². The number of rotatable bonds is 27. The molecule has 4 rings (SSSR count). The zero-order valence-electron chi connectivity index (χ0n) is 34.5. The van der Waals surface area contributed by atoms with E-state index in [4.69, 9.17) is 35.4 Å². The predicted molar refractivity (Wildman–Crippen MR) is 220 cm³/mol. The van der Waals surface area contributed by atoms with Crippen LogP contribution in [0.25, 0.3) is 11.2 Å². The highest BCUT2D eigenvalue weighted by Gasteiger charge is 2.53. The summed E-state index contributed by atoms with van der Waals surface area (Å²) >= 11 is 0. The first-order chi connectivity index (χ1) is 27.9. The third-order valence-corrected chi connectivity index (χ3v) is 11.6. The zero-order chi connectivity index (χ0) is 42.0. The number of carbonyl (C=O) groups is 2. The van der Waals surface area contributed by atoms with E-state index in [0.29, 0.717) is 6.42 Å². The summed E-state index contributed by atoms with van der Waals surface area (Å²) in [5.74, 6) is 1.39. The molecule has 1 aliphatic heterocycles. The fourth-order valence-electron chi connectivity index (χ4n) is 6.84. The molecule has 0 radical (unpaired) electrons. The summed E-state index contributed by atoms with van der Waals surface area (Å²) in [5, 5.41) is 2.63. The lowest BCUT2D eigenvalue weighted by molar-refractivity contribution is -0.158. The summed E-state index contributed by atoms with van der Waals surface area (Å²) in [4.78, 5) is 37.7. The van der Waals surface area contributed by atoms with E-state index in [1.54, 1.807) is 44.2 Å². The van der Waals surface area contributed by atoms with Gasteiger partial charge in [0, 0.05) is 12.8 Å². The van der Waals surface area contributed by atoms with Gasteiger partial charge in [-0.15, -0.1) is 6.42 Å². The Bertz CT molecular complexity index is 1820. The van der Waals surface area contributed by atoms with Crippen molar-refractivity contribution in [1.82, 2.24) is 24.6 Å². The molecule has 14 nitrogen and oxygen atoms in total. The highest BCUT2D eigenvalue weighted by atomic mass is 31.2. The fourth-order valence-corrected chi connectivity index (χ4v) is 8.37. The molecule has 0 aliphatic carbocycles. The van der Waals surface area contributed by atoms with Crippen LogP contribution in [0.1, 0.15) is 143 Å². The Balaban J connectivity index is 1.40. The Kier molecular flexibility index (Phi) is 18.9. The number of nitrogens with one attached hydrogen (secondary N) is 1. The Morgan fingerprint density at radius 2 is 1.60 bits per heavy atom. The lowest BCUT2D eigenvalue weighted by atomic mass is 9.98. The van der Waals surface area contributed by atoms with Crippen LogP contribution in [0.4, 0.5) is 10.2 Å². The van der Waals surface area contributed by atoms with E-state index in [2.05, 4.69) is 32.9 Å². The van der Waals surface area contributed by atoms with Gasteiger partial charge in [-0.1, -0.05) is 121 Å². The largest absolute Gasteiger partial charge is 0.462 e. The molecule has 1 aromatic carbocycles. The van der Waals surface area contributed by atoms with Crippen molar-refractivity contribution in [2.75, 3.05) is 12.3 Å². The zero-order valence-corrected chi connectivity index (χ0v) is 35.4. The molecule has 0 spiro atoms. The molecule has 0 amide bonds. The summed E-state index contributed by atoms with van der Waals surface area (Å²) < 4.78 is 59.5. The molecule has 0 bridgehead atoms. The van der Waals surface area contributed by atoms with Crippen LogP contribution in [-0.4, -0.2) is 61.9 Å². The third-order valence-electron chi connectivity index (χ3n) is 9.99. The Morgan fingerprint density at radius 3 is 2.19 bits per heavy atom. The lowest BCUT2D eigenvalue weighted by Gasteiger charge is -2.31. The molecule has 3 N–H and O–H groups in total. The summed E-state index contributed by atoms with van der Waals surface area (Å²) in [6, 6.07) is 7.09. The van der Waals surface area contributed by atoms with Gasteiger partial charge in [-0.25, -0.2) is 9.55 Å². The number of hydrogen-bond donors (Lipinski definition) is 2. The van der Waals surface area contributed by atoms with Crippen LogP contribution < -0.4 is 15.3 Å². The van der Waals surface area contributed by atoms with Gasteiger partial charge in [-0.2, -0.15) is 19.4 Å². The minimum atomic E-state index is -4.41. The predicted octanol–water partition coefficient (Wildman–Crippen LogP) is 9.15. The fraction of sp³-hybridized carbons (Fsp3) is 0.643. The molecular weight excluding hydrogens is 766 g/mol. The number of nitrogens with zero attached hydrogens (tertiary/aromatic N) is 4. The van der Waals surface area contributed by atoms with Gasteiger partial charge in [0.1, 0.15) is 30.7 Å². The van der Waals surface area contributed by atoms with Crippen LogP contribution >= 0.6 is 7.75 Å². The number of para-hydroxylation sites is 1. The van der Waals surface area contributed by atoms with Crippen LogP contribution in [0, 0.1) is 18.4 Å². The molecule has 3 aromatic rings. The van der Waals surface area contributed by atoms with Gasteiger partial charge >= 0.3 is 25.8 Å². The van der Waals surface area contributed by atoms with Crippen molar-refractivity contribution in [2.24, 2.45) is 0 Å². The molecule has 3 heterocycles. The summed E-state index contributed by atoms with van der Waals surface area (Å²) in [5.41, 5.74) is 4.24. The van der Waals surface area contributed by atoms with Crippen molar-refractivity contribution < 1.29 is 41.8 Å². The van der Waals surface area contributed by atoms with Crippen LogP contribution in [0.2, 0.25) is 0 Å². The molecule has 0 saturated carbocycles.